The van der Waals surface area contributed by atoms with Crippen LogP contribution in [0.3, 0.4) is 0 Å². The van der Waals surface area contributed by atoms with Crippen LogP contribution in [0.4, 0.5) is 15.8 Å². The number of nitrogens with zero attached hydrogens (tertiary/aromatic N) is 2. The lowest BCUT2D eigenvalue weighted by Gasteiger charge is -2.12. The molecule has 19 heavy (non-hydrogen) atoms. The van der Waals surface area contributed by atoms with Gasteiger partial charge in [0.15, 0.2) is 0 Å². The zero-order valence-corrected chi connectivity index (χ0v) is 10.4. The number of nitro benzene ring substituents is 1. The van der Waals surface area contributed by atoms with Gasteiger partial charge in [0, 0.05) is 12.1 Å². The number of hydrogen-bond acceptors (Lipinski definition) is 5. The Morgan fingerprint density at radius 1 is 1.53 bits per heavy atom. The van der Waals surface area contributed by atoms with Gasteiger partial charge in [-0.25, -0.2) is 9.37 Å². The molecule has 6 nitrogen and oxygen atoms in total. The molecule has 0 spiro atoms. The fourth-order valence-corrected chi connectivity index (χ4v) is 1.65. The lowest BCUT2D eigenvalue weighted by molar-refractivity contribution is -0.384. The Labute approximate surface area is 108 Å². The molecule has 0 bridgehead atoms. The van der Waals surface area contributed by atoms with Gasteiger partial charge in [-0.1, -0.05) is 0 Å². The fraction of sp³-hybridized carbons (Fsp3) is 0.250. The molecule has 2 aromatic rings. The van der Waals surface area contributed by atoms with Crippen molar-refractivity contribution in [3.8, 4) is 0 Å². The minimum absolute atomic E-state index is 0.0911. The van der Waals surface area contributed by atoms with Crippen LogP contribution in [0.5, 0.6) is 0 Å². The number of aromatic nitrogens is 1. The van der Waals surface area contributed by atoms with Crippen molar-refractivity contribution in [2.45, 2.75) is 19.9 Å². The van der Waals surface area contributed by atoms with Gasteiger partial charge >= 0.3 is 0 Å². The third-order valence-corrected chi connectivity index (χ3v) is 2.54. The van der Waals surface area contributed by atoms with E-state index in [1.165, 1.54) is 0 Å². The first-order valence-corrected chi connectivity index (χ1v) is 5.60. The van der Waals surface area contributed by atoms with Crippen molar-refractivity contribution in [3.63, 3.8) is 0 Å². The minimum atomic E-state index is -0.574. The smallest absolute Gasteiger partial charge is 0.292 e. The minimum Gasteiger partial charge on any atom is -0.444 e. The number of anilines is 1. The van der Waals surface area contributed by atoms with Gasteiger partial charge in [0.1, 0.15) is 23.3 Å². The zero-order valence-electron chi connectivity index (χ0n) is 10.4. The Kier molecular flexibility index (Phi) is 3.46. The Morgan fingerprint density at radius 2 is 2.26 bits per heavy atom. The Hall–Kier alpha value is -2.44. The van der Waals surface area contributed by atoms with Gasteiger partial charge in [-0.2, -0.15) is 0 Å². The molecular weight excluding hydrogens is 253 g/mol. The first-order chi connectivity index (χ1) is 8.97. The molecule has 1 unspecified atom stereocenters. The summed E-state index contributed by atoms with van der Waals surface area (Å²) in [5, 5.41) is 13.7. The summed E-state index contributed by atoms with van der Waals surface area (Å²) in [6, 6.07) is 2.83. The molecule has 100 valence electrons. The molecule has 1 heterocycles. The maximum Gasteiger partial charge on any atom is 0.292 e. The highest BCUT2D eigenvalue weighted by Gasteiger charge is 2.18. The third kappa shape index (κ3) is 2.87. The second-order valence-corrected chi connectivity index (χ2v) is 4.09. The first kappa shape index (κ1) is 13.0. The summed E-state index contributed by atoms with van der Waals surface area (Å²) in [5.74, 6) is 0.470. The maximum absolute atomic E-state index is 13.2. The van der Waals surface area contributed by atoms with Crippen molar-refractivity contribution in [1.29, 1.82) is 0 Å². The van der Waals surface area contributed by atoms with E-state index in [1.807, 2.05) is 0 Å². The number of halogens is 1. The third-order valence-electron chi connectivity index (χ3n) is 2.54. The Bertz CT molecular complexity index is 612. The van der Waals surface area contributed by atoms with Crippen LogP contribution < -0.4 is 5.32 Å². The number of benzene rings is 1. The quantitative estimate of drug-likeness (QED) is 0.678. The average Bonchev–Trinajstić information content (AvgIpc) is 2.75. The molecule has 1 aromatic heterocycles. The Balaban J connectivity index is 2.27. The SMILES string of the molecule is Cc1cnc(C(C)Nc2cc(F)ccc2[N+](=O)[O-])o1. The molecule has 0 aliphatic heterocycles. The molecule has 2 rings (SSSR count). The fourth-order valence-electron chi connectivity index (χ4n) is 1.65. The van der Waals surface area contributed by atoms with E-state index in [-0.39, 0.29) is 11.4 Å². The second-order valence-electron chi connectivity index (χ2n) is 4.09. The van der Waals surface area contributed by atoms with E-state index in [0.29, 0.717) is 11.7 Å². The van der Waals surface area contributed by atoms with Crippen LogP contribution in [0.1, 0.15) is 24.6 Å². The van der Waals surface area contributed by atoms with Crippen LogP contribution in [-0.2, 0) is 0 Å². The van der Waals surface area contributed by atoms with Gasteiger partial charge in [0.05, 0.1) is 11.1 Å². The highest BCUT2D eigenvalue weighted by molar-refractivity contribution is 5.61. The molecule has 0 amide bonds. The number of nitrogens with one attached hydrogen (secondary N) is 1. The molecule has 0 aliphatic carbocycles. The largest absolute Gasteiger partial charge is 0.444 e. The van der Waals surface area contributed by atoms with Crippen molar-refractivity contribution in [1.82, 2.24) is 4.98 Å². The van der Waals surface area contributed by atoms with E-state index in [0.717, 1.165) is 18.2 Å². The van der Waals surface area contributed by atoms with Crippen LogP contribution in [0.15, 0.2) is 28.8 Å². The lowest BCUT2D eigenvalue weighted by Crippen LogP contribution is -2.09. The molecule has 0 saturated heterocycles. The standard InChI is InChI=1S/C12H12FN3O3/c1-7-6-14-12(19-7)8(2)15-10-5-9(13)3-4-11(10)16(17)18/h3-6,8,15H,1-2H3. The summed E-state index contributed by atoms with van der Waals surface area (Å²) >= 11 is 0. The van der Waals surface area contributed by atoms with Crippen molar-refractivity contribution in [2.75, 3.05) is 5.32 Å². The maximum atomic E-state index is 13.2. The number of nitro groups is 1. The van der Waals surface area contributed by atoms with Crippen LogP contribution in [-0.4, -0.2) is 9.91 Å². The van der Waals surface area contributed by atoms with E-state index in [1.54, 1.807) is 20.0 Å². The van der Waals surface area contributed by atoms with E-state index < -0.39 is 16.8 Å². The number of rotatable bonds is 4. The van der Waals surface area contributed by atoms with Crippen molar-refractivity contribution in [3.05, 3.63) is 52.0 Å². The van der Waals surface area contributed by atoms with Gasteiger partial charge in [-0.05, 0) is 19.9 Å². The van der Waals surface area contributed by atoms with Crippen LogP contribution in [0.25, 0.3) is 0 Å². The van der Waals surface area contributed by atoms with Gasteiger partial charge in [-0.3, -0.25) is 10.1 Å². The van der Waals surface area contributed by atoms with Gasteiger partial charge in [0.2, 0.25) is 5.89 Å². The monoisotopic (exact) mass is 265 g/mol. The zero-order chi connectivity index (χ0) is 14.0. The summed E-state index contributed by atoms with van der Waals surface area (Å²) in [5.41, 5.74) is -0.107. The van der Waals surface area contributed by atoms with Gasteiger partial charge < -0.3 is 9.73 Å². The molecule has 1 N–H and O–H groups in total. The summed E-state index contributed by atoms with van der Waals surface area (Å²) in [7, 11) is 0. The molecule has 0 saturated carbocycles. The summed E-state index contributed by atoms with van der Waals surface area (Å²) in [6.45, 7) is 3.47. The second kappa shape index (κ2) is 5.05. The molecular formula is C12H12FN3O3. The molecule has 0 fully saturated rings. The molecule has 1 aromatic carbocycles. The highest BCUT2D eigenvalue weighted by atomic mass is 19.1. The number of oxazole rings is 1. The van der Waals surface area contributed by atoms with Crippen molar-refractivity contribution in [2.24, 2.45) is 0 Å². The topological polar surface area (TPSA) is 81.2 Å². The van der Waals surface area contributed by atoms with Crippen LogP contribution in [0, 0.1) is 22.9 Å². The van der Waals surface area contributed by atoms with E-state index >= 15 is 0 Å². The molecule has 1 atom stereocenters. The molecule has 0 aliphatic rings. The van der Waals surface area contributed by atoms with Crippen molar-refractivity contribution < 1.29 is 13.7 Å². The summed E-state index contributed by atoms with van der Waals surface area (Å²) in [4.78, 5) is 14.3. The predicted octanol–water partition coefficient (Wildman–Crippen LogP) is 3.20. The molecule has 0 radical (unpaired) electrons. The van der Waals surface area contributed by atoms with Crippen LogP contribution in [0.2, 0.25) is 0 Å². The van der Waals surface area contributed by atoms with E-state index in [9.17, 15) is 14.5 Å². The summed E-state index contributed by atoms with van der Waals surface area (Å²) in [6.07, 6.45) is 1.55. The lowest BCUT2D eigenvalue weighted by atomic mass is 10.2. The average molecular weight is 265 g/mol. The van der Waals surface area contributed by atoms with Crippen LogP contribution >= 0.6 is 0 Å². The predicted molar refractivity (Wildman–Crippen MR) is 66.3 cm³/mol. The first-order valence-electron chi connectivity index (χ1n) is 5.60. The normalized spacial score (nSPS) is 12.2. The summed E-state index contributed by atoms with van der Waals surface area (Å²) < 4.78 is 18.5. The number of aryl methyl sites for hydroxylation is 1. The van der Waals surface area contributed by atoms with E-state index in [4.69, 9.17) is 4.42 Å². The van der Waals surface area contributed by atoms with Crippen molar-refractivity contribution >= 4 is 11.4 Å². The van der Waals surface area contributed by atoms with Gasteiger partial charge in [-0.15, -0.1) is 0 Å². The van der Waals surface area contributed by atoms with Gasteiger partial charge in [0.25, 0.3) is 5.69 Å². The highest BCUT2D eigenvalue weighted by Crippen LogP contribution is 2.28. The molecule has 7 heteroatoms. The number of hydrogen-bond donors (Lipinski definition) is 1. The van der Waals surface area contributed by atoms with E-state index in [2.05, 4.69) is 10.3 Å². The Morgan fingerprint density at radius 3 is 2.84 bits per heavy atom.